The summed E-state index contributed by atoms with van der Waals surface area (Å²) in [4.78, 5) is 13.8. The lowest BCUT2D eigenvalue weighted by Crippen LogP contribution is -2.33. The van der Waals surface area contributed by atoms with Crippen LogP contribution in [0, 0.1) is 0 Å². The van der Waals surface area contributed by atoms with Crippen molar-refractivity contribution in [2.45, 2.75) is 32.3 Å². The van der Waals surface area contributed by atoms with Gasteiger partial charge < -0.3 is 10.1 Å². The number of thiophene rings is 1. The molecule has 2 rings (SSSR count). The SMILES string of the molecule is CC(C)OCCNC(=O)C(Cc1cccs1)c1ccc(Cl)cc1. The van der Waals surface area contributed by atoms with E-state index in [1.54, 1.807) is 11.3 Å². The molecule has 1 unspecified atom stereocenters. The monoisotopic (exact) mass is 351 g/mol. The van der Waals surface area contributed by atoms with Crippen LogP contribution in [0.1, 0.15) is 30.2 Å². The molecule has 124 valence electrons. The molecule has 1 heterocycles. The Morgan fingerprint density at radius 3 is 2.61 bits per heavy atom. The van der Waals surface area contributed by atoms with Crippen LogP contribution in [0.4, 0.5) is 0 Å². The van der Waals surface area contributed by atoms with Gasteiger partial charge >= 0.3 is 0 Å². The maximum atomic E-state index is 12.6. The topological polar surface area (TPSA) is 38.3 Å². The Kier molecular flexibility index (Phi) is 7.09. The first-order valence-electron chi connectivity index (χ1n) is 7.73. The number of carbonyl (C=O) groups excluding carboxylic acids is 1. The first-order valence-corrected chi connectivity index (χ1v) is 8.99. The van der Waals surface area contributed by atoms with E-state index in [4.69, 9.17) is 16.3 Å². The zero-order valence-corrected chi connectivity index (χ0v) is 15.0. The molecule has 0 spiro atoms. The molecule has 0 radical (unpaired) electrons. The molecule has 5 heteroatoms. The van der Waals surface area contributed by atoms with E-state index in [1.807, 2.05) is 49.6 Å². The number of carbonyl (C=O) groups is 1. The quantitative estimate of drug-likeness (QED) is 0.721. The maximum absolute atomic E-state index is 12.6. The van der Waals surface area contributed by atoms with E-state index < -0.39 is 0 Å². The van der Waals surface area contributed by atoms with Gasteiger partial charge in [-0.2, -0.15) is 0 Å². The number of halogens is 1. The molecule has 2 aromatic rings. The third-order valence-corrected chi connectivity index (χ3v) is 4.58. The lowest BCUT2D eigenvalue weighted by molar-refractivity contribution is -0.122. The first kappa shape index (κ1) is 18.0. The summed E-state index contributed by atoms with van der Waals surface area (Å²) < 4.78 is 5.47. The lowest BCUT2D eigenvalue weighted by atomic mass is 9.94. The van der Waals surface area contributed by atoms with Crippen molar-refractivity contribution >= 4 is 28.8 Å². The van der Waals surface area contributed by atoms with Gasteiger partial charge in [-0.25, -0.2) is 0 Å². The Morgan fingerprint density at radius 1 is 1.26 bits per heavy atom. The van der Waals surface area contributed by atoms with E-state index in [2.05, 4.69) is 11.4 Å². The summed E-state index contributed by atoms with van der Waals surface area (Å²) in [7, 11) is 0. The fourth-order valence-electron chi connectivity index (χ4n) is 2.28. The minimum atomic E-state index is -0.218. The average Bonchev–Trinajstić information content (AvgIpc) is 3.03. The Hall–Kier alpha value is -1.36. The molecule has 0 fully saturated rings. The van der Waals surface area contributed by atoms with Gasteiger partial charge in [-0.3, -0.25) is 4.79 Å². The molecular formula is C18H22ClNO2S. The van der Waals surface area contributed by atoms with Crippen molar-refractivity contribution in [3.63, 3.8) is 0 Å². The number of ether oxygens (including phenoxy) is 1. The number of nitrogens with one attached hydrogen (secondary N) is 1. The summed E-state index contributed by atoms with van der Waals surface area (Å²) in [5.41, 5.74) is 0.977. The first-order chi connectivity index (χ1) is 11.1. The van der Waals surface area contributed by atoms with Crippen molar-refractivity contribution in [1.29, 1.82) is 0 Å². The second kappa shape index (κ2) is 9.06. The van der Waals surface area contributed by atoms with Crippen molar-refractivity contribution in [2.75, 3.05) is 13.2 Å². The van der Waals surface area contributed by atoms with Crippen LogP contribution < -0.4 is 5.32 Å². The summed E-state index contributed by atoms with van der Waals surface area (Å²) >= 11 is 7.62. The van der Waals surface area contributed by atoms with Gasteiger partial charge in [0.05, 0.1) is 18.6 Å². The molecule has 0 saturated carbocycles. The highest BCUT2D eigenvalue weighted by Crippen LogP contribution is 2.25. The third-order valence-electron chi connectivity index (χ3n) is 3.43. The van der Waals surface area contributed by atoms with Gasteiger partial charge in [0.15, 0.2) is 0 Å². The molecular weight excluding hydrogens is 330 g/mol. The van der Waals surface area contributed by atoms with Crippen LogP contribution in [0.25, 0.3) is 0 Å². The molecule has 1 amide bonds. The number of amides is 1. The largest absolute Gasteiger partial charge is 0.377 e. The van der Waals surface area contributed by atoms with E-state index in [-0.39, 0.29) is 17.9 Å². The molecule has 1 N–H and O–H groups in total. The molecule has 1 atom stereocenters. The zero-order valence-electron chi connectivity index (χ0n) is 13.4. The van der Waals surface area contributed by atoms with Gasteiger partial charge in [0.2, 0.25) is 5.91 Å². The maximum Gasteiger partial charge on any atom is 0.227 e. The molecule has 0 aliphatic carbocycles. The normalized spacial score (nSPS) is 12.3. The summed E-state index contributed by atoms with van der Waals surface area (Å²) in [6.45, 7) is 5.01. The van der Waals surface area contributed by atoms with Gasteiger partial charge in [-0.05, 0) is 49.4 Å². The smallest absolute Gasteiger partial charge is 0.227 e. The Bertz CT molecular complexity index is 596. The fourth-order valence-corrected chi connectivity index (χ4v) is 3.16. The second-order valence-corrected chi connectivity index (χ2v) is 7.07. The van der Waals surface area contributed by atoms with Crippen LogP contribution in [0.15, 0.2) is 41.8 Å². The highest BCUT2D eigenvalue weighted by molar-refractivity contribution is 7.09. The summed E-state index contributed by atoms with van der Waals surface area (Å²) in [5.74, 6) is -0.196. The van der Waals surface area contributed by atoms with E-state index in [0.717, 1.165) is 5.56 Å². The minimum absolute atomic E-state index is 0.0214. The van der Waals surface area contributed by atoms with Crippen LogP contribution in [0.5, 0.6) is 0 Å². The summed E-state index contributed by atoms with van der Waals surface area (Å²) in [6.07, 6.45) is 0.862. The number of hydrogen-bond donors (Lipinski definition) is 1. The van der Waals surface area contributed by atoms with E-state index in [1.165, 1.54) is 4.88 Å². The summed E-state index contributed by atoms with van der Waals surface area (Å²) in [5, 5.41) is 5.68. The molecule has 23 heavy (non-hydrogen) atoms. The lowest BCUT2D eigenvalue weighted by Gasteiger charge is -2.17. The highest BCUT2D eigenvalue weighted by Gasteiger charge is 2.21. The van der Waals surface area contributed by atoms with E-state index in [9.17, 15) is 4.79 Å². The zero-order chi connectivity index (χ0) is 16.7. The number of benzene rings is 1. The van der Waals surface area contributed by atoms with Crippen LogP contribution in [-0.4, -0.2) is 25.2 Å². The number of rotatable bonds is 8. The van der Waals surface area contributed by atoms with Gasteiger partial charge in [0.1, 0.15) is 0 Å². The Morgan fingerprint density at radius 2 is 2.00 bits per heavy atom. The van der Waals surface area contributed by atoms with Gasteiger partial charge in [-0.1, -0.05) is 29.8 Å². The van der Waals surface area contributed by atoms with Crippen molar-refractivity contribution in [3.05, 3.63) is 57.2 Å². The van der Waals surface area contributed by atoms with Crippen LogP contribution in [-0.2, 0) is 16.0 Å². The van der Waals surface area contributed by atoms with Gasteiger partial charge in [-0.15, -0.1) is 11.3 Å². The van der Waals surface area contributed by atoms with Crippen molar-refractivity contribution in [2.24, 2.45) is 0 Å². The molecule has 0 aliphatic heterocycles. The Balaban J connectivity index is 2.03. The van der Waals surface area contributed by atoms with Crippen LogP contribution >= 0.6 is 22.9 Å². The van der Waals surface area contributed by atoms with Crippen LogP contribution in [0.3, 0.4) is 0 Å². The van der Waals surface area contributed by atoms with E-state index >= 15 is 0 Å². The average molecular weight is 352 g/mol. The van der Waals surface area contributed by atoms with Crippen molar-refractivity contribution in [1.82, 2.24) is 5.32 Å². The molecule has 1 aromatic carbocycles. The fraction of sp³-hybridized carbons (Fsp3) is 0.389. The van der Waals surface area contributed by atoms with Crippen molar-refractivity contribution < 1.29 is 9.53 Å². The van der Waals surface area contributed by atoms with Gasteiger partial charge in [0.25, 0.3) is 0 Å². The standard InChI is InChI=1S/C18H22ClNO2S/c1-13(2)22-10-9-20-18(21)17(12-16-4-3-11-23-16)14-5-7-15(19)8-6-14/h3-8,11,13,17H,9-10,12H2,1-2H3,(H,20,21). The van der Waals surface area contributed by atoms with E-state index in [0.29, 0.717) is 24.6 Å². The molecule has 3 nitrogen and oxygen atoms in total. The molecule has 0 saturated heterocycles. The predicted molar refractivity (Wildman–Crippen MR) is 96.3 cm³/mol. The van der Waals surface area contributed by atoms with Crippen LogP contribution in [0.2, 0.25) is 5.02 Å². The van der Waals surface area contributed by atoms with Gasteiger partial charge in [0, 0.05) is 16.4 Å². The number of hydrogen-bond acceptors (Lipinski definition) is 3. The summed E-state index contributed by atoms with van der Waals surface area (Å²) in [6, 6.07) is 11.6. The highest BCUT2D eigenvalue weighted by atomic mass is 35.5. The second-order valence-electron chi connectivity index (χ2n) is 5.60. The minimum Gasteiger partial charge on any atom is -0.377 e. The molecule has 0 aliphatic rings. The predicted octanol–water partition coefficient (Wildman–Crippen LogP) is 4.27. The Labute approximate surface area is 146 Å². The molecule has 1 aromatic heterocycles. The molecule has 0 bridgehead atoms. The van der Waals surface area contributed by atoms with Crippen molar-refractivity contribution in [3.8, 4) is 0 Å². The third kappa shape index (κ3) is 5.98.